The summed E-state index contributed by atoms with van der Waals surface area (Å²) in [6.45, 7) is 9.79. The summed E-state index contributed by atoms with van der Waals surface area (Å²) >= 11 is 0. The van der Waals surface area contributed by atoms with E-state index in [1.807, 2.05) is 19.9 Å². The fourth-order valence-electron chi connectivity index (χ4n) is 8.49. The van der Waals surface area contributed by atoms with Crippen LogP contribution in [0.2, 0.25) is 0 Å². The molecule has 3 saturated carbocycles. The minimum atomic E-state index is -0.510. The molecule has 158 valence electrons. The summed E-state index contributed by atoms with van der Waals surface area (Å²) in [6, 6.07) is 0. The Morgan fingerprint density at radius 1 is 1.24 bits per heavy atom. The fourth-order valence-corrected chi connectivity index (χ4v) is 8.49. The monoisotopic (exact) mass is 398 g/mol. The van der Waals surface area contributed by atoms with Crippen molar-refractivity contribution in [1.82, 2.24) is 0 Å². The molecule has 1 N–H and O–H groups in total. The highest BCUT2D eigenvalue weighted by molar-refractivity contribution is 5.92. The first-order chi connectivity index (χ1) is 13.7. The molecule has 0 bridgehead atoms. The molecule has 0 amide bonds. The Balaban J connectivity index is 1.48. The zero-order valence-electron chi connectivity index (χ0n) is 18.2. The average Bonchev–Trinajstić information content (AvgIpc) is 3.33. The van der Waals surface area contributed by atoms with Gasteiger partial charge in [0, 0.05) is 23.9 Å². The standard InChI is InChI=1S/C25H34O4/c1-22(2)28-13-25(29-22)19-11-17(19)21-20-14(12-26)9-15-10-16(27)5-7-23(15,3)18(20)6-8-24(21,25)4/h6,10,14,17,19-21,26H,5,7-9,11-13H2,1-4H3/t14-,17+,19-,20?,21?,23-,24-,25-/m0/s1. The highest BCUT2D eigenvalue weighted by Gasteiger charge is 2.79. The normalized spacial score (nSPS) is 54.2. The molecule has 1 aliphatic heterocycles. The number of ether oxygens (including phenoxy) is 2. The summed E-state index contributed by atoms with van der Waals surface area (Å²) in [5, 5.41) is 10.4. The van der Waals surface area contributed by atoms with Gasteiger partial charge in [-0.15, -0.1) is 0 Å². The van der Waals surface area contributed by atoms with Gasteiger partial charge >= 0.3 is 0 Å². The molecule has 6 aliphatic rings. The van der Waals surface area contributed by atoms with Gasteiger partial charge in [0.2, 0.25) is 0 Å². The molecule has 0 radical (unpaired) electrons. The van der Waals surface area contributed by atoms with Crippen molar-refractivity contribution in [1.29, 1.82) is 0 Å². The zero-order chi connectivity index (χ0) is 20.4. The molecule has 6 rings (SSSR count). The SMILES string of the molecule is CC1(C)OC[C@]2(O1)[C@H]1C[C@H]1C1C3C(=CC[C@@]12C)[C@@]1(C)CCC(=O)C=C1C[C@H]3CO. The molecule has 1 heterocycles. The van der Waals surface area contributed by atoms with Gasteiger partial charge in [0.05, 0.1) is 6.61 Å². The Bertz CT molecular complexity index is 855. The van der Waals surface area contributed by atoms with Crippen LogP contribution < -0.4 is 0 Å². The first-order valence-corrected chi connectivity index (χ1v) is 11.5. The van der Waals surface area contributed by atoms with Crippen LogP contribution in [0.25, 0.3) is 0 Å². The maximum absolute atomic E-state index is 12.1. The van der Waals surface area contributed by atoms with E-state index < -0.39 is 5.79 Å². The van der Waals surface area contributed by atoms with Crippen molar-refractivity contribution in [3.05, 3.63) is 23.3 Å². The van der Waals surface area contributed by atoms with Crippen molar-refractivity contribution in [2.45, 2.75) is 71.2 Å². The second-order valence-corrected chi connectivity index (χ2v) is 11.6. The summed E-state index contributed by atoms with van der Waals surface area (Å²) in [5.74, 6) is 2.17. The highest BCUT2D eigenvalue weighted by atomic mass is 16.8. The molecule has 4 fully saturated rings. The molecule has 0 aromatic heterocycles. The summed E-state index contributed by atoms with van der Waals surface area (Å²) in [4.78, 5) is 12.1. The largest absolute Gasteiger partial charge is 0.396 e. The van der Waals surface area contributed by atoms with Crippen molar-refractivity contribution in [3.8, 4) is 0 Å². The smallest absolute Gasteiger partial charge is 0.163 e. The number of rotatable bonds is 1. The van der Waals surface area contributed by atoms with E-state index in [0.717, 1.165) is 19.3 Å². The predicted octanol–water partition coefficient (Wildman–Crippen LogP) is 4.03. The first-order valence-electron chi connectivity index (χ1n) is 11.5. The van der Waals surface area contributed by atoms with Crippen molar-refractivity contribution >= 4 is 5.78 Å². The number of aliphatic hydroxyl groups is 1. The Kier molecular flexibility index (Phi) is 3.52. The number of carbonyl (C=O) groups excluding carboxylic acids is 1. The third-order valence-electron chi connectivity index (χ3n) is 9.93. The molecule has 29 heavy (non-hydrogen) atoms. The van der Waals surface area contributed by atoms with Gasteiger partial charge in [-0.1, -0.05) is 31.1 Å². The van der Waals surface area contributed by atoms with Crippen LogP contribution in [0.4, 0.5) is 0 Å². The molecule has 1 saturated heterocycles. The number of fused-ring (bicyclic) bond motifs is 9. The number of aliphatic hydroxyl groups excluding tert-OH is 1. The third kappa shape index (κ3) is 2.14. The Labute approximate surface area is 173 Å². The van der Waals surface area contributed by atoms with Crippen LogP contribution in [0.5, 0.6) is 0 Å². The molecule has 5 aliphatic carbocycles. The summed E-state index contributed by atoms with van der Waals surface area (Å²) in [5.41, 5.74) is 2.65. The molecule has 8 atom stereocenters. The zero-order valence-corrected chi connectivity index (χ0v) is 18.2. The van der Waals surface area contributed by atoms with Gasteiger partial charge in [0.15, 0.2) is 11.6 Å². The molecule has 4 nitrogen and oxygen atoms in total. The van der Waals surface area contributed by atoms with E-state index >= 15 is 0 Å². The summed E-state index contributed by atoms with van der Waals surface area (Å²) in [6.07, 6.45) is 9.09. The van der Waals surface area contributed by atoms with Gasteiger partial charge in [-0.3, -0.25) is 4.79 Å². The molecule has 0 aromatic carbocycles. The number of carbonyl (C=O) groups is 1. The minimum Gasteiger partial charge on any atom is -0.396 e. The van der Waals surface area contributed by atoms with E-state index in [1.165, 1.54) is 17.6 Å². The second-order valence-electron chi connectivity index (χ2n) is 11.6. The van der Waals surface area contributed by atoms with Crippen LogP contribution in [0.1, 0.15) is 59.8 Å². The van der Waals surface area contributed by atoms with E-state index in [1.54, 1.807) is 0 Å². The minimum absolute atomic E-state index is 0.00196. The van der Waals surface area contributed by atoms with Gasteiger partial charge in [0.1, 0.15) is 5.60 Å². The van der Waals surface area contributed by atoms with E-state index in [0.29, 0.717) is 36.7 Å². The van der Waals surface area contributed by atoms with Crippen LogP contribution in [0.3, 0.4) is 0 Å². The van der Waals surface area contributed by atoms with Crippen molar-refractivity contribution in [2.75, 3.05) is 13.2 Å². The lowest BCUT2D eigenvalue weighted by Crippen LogP contribution is -2.57. The van der Waals surface area contributed by atoms with E-state index in [2.05, 4.69) is 19.9 Å². The Hall–Kier alpha value is -0.970. The van der Waals surface area contributed by atoms with Gasteiger partial charge in [-0.05, 0) is 75.2 Å². The van der Waals surface area contributed by atoms with Gasteiger partial charge < -0.3 is 14.6 Å². The van der Waals surface area contributed by atoms with Crippen LogP contribution in [0.15, 0.2) is 23.3 Å². The van der Waals surface area contributed by atoms with Crippen LogP contribution in [-0.2, 0) is 14.3 Å². The van der Waals surface area contributed by atoms with Crippen molar-refractivity contribution in [3.63, 3.8) is 0 Å². The molecular weight excluding hydrogens is 364 g/mol. The summed E-state index contributed by atoms with van der Waals surface area (Å²) in [7, 11) is 0. The first kappa shape index (κ1) is 18.8. The Morgan fingerprint density at radius 3 is 2.72 bits per heavy atom. The van der Waals surface area contributed by atoms with Crippen molar-refractivity contribution < 1.29 is 19.4 Å². The molecule has 1 spiro atoms. The maximum Gasteiger partial charge on any atom is 0.163 e. The van der Waals surface area contributed by atoms with E-state index in [4.69, 9.17) is 9.47 Å². The molecule has 2 unspecified atom stereocenters. The van der Waals surface area contributed by atoms with Crippen LogP contribution >= 0.6 is 0 Å². The number of allylic oxidation sites excluding steroid dienone is 4. The quantitative estimate of drug-likeness (QED) is 0.678. The predicted molar refractivity (Wildman–Crippen MR) is 109 cm³/mol. The molecular formula is C25H34O4. The van der Waals surface area contributed by atoms with Gasteiger partial charge in [-0.25, -0.2) is 0 Å². The highest BCUT2D eigenvalue weighted by Crippen LogP contribution is 2.78. The molecule has 4 heteroatoms. The van der Waals surface area contributed by atoms with Crippen LogP contribution in [0, 0.1) is 40.4 Å². The average molecular weight is 399 g/mol. The number of ketones is 1. The topological polar surface area (TPSA) is 55.8 Å². The van der Waals surface area contributed by atoms with Crippen LogP contribution in [-0.4, -0.2) is 35.5 Å². The van der Waals surface area contributed by atoms with Gasteiger partial charge in [-0.2, -0.15) is 0 Å². The lowest BCUT2D eigenvalue weighted by atomic mass is 9.47. The lowest BCUT2D eigenvalue weighted by Gasteiger charge is -2.58. The number of hydrogen-bond donors (Lipinski definition) is 1. The fraction of sp³-hybridized carbons (Fsp3) is 0.800. The van der Waals surface area contributed by atoms with E-state index in [-0.39, 0.29) is 34.7 Å². The summed E-state index contributed by atoms with van der Waals surface area (Å²) < 4.78 is 12.9. The Morgan fingerprint density at radius 2 is 2.03 bits per heavy atom. The van der Waals surface area contributed by atoms with Crippen molar-refractivity contribution in [2.24, 2.45) is 40.4 Å². The number of hydrogen-bond acceptors (Lipinski definition) is 4. The second kappa shape index (κ2) is 5.44. The third-order valence-corrected chi connectivity index (χ3v) is 9.93. The molecule has 0 aromatic rings. The maximum atomic E-state index is 12.1. The van der Waals surface area contributed by atoms with Gasteiger partial charge in [0.25, 0.3) is 0 Å². The van der Waals surface area contributed by atoms with E-state index in [9.17, 15) is 9.90 Å². The lowest BCUT2D eigenvalue weighted by molar-refractivity contribution is -0.198.